The van der Waals surface area contributed by atoms with Gasteiger partial charge in [-0.25, -0.2) is 9.67 Å². The Morgan fingerprint density at radius 3 is 2.41 bits per heavy atom. The van der Waals surface area contributed by atoms with Crippen LogP contribution in [0.5, 0.6) is 0 Å². The summed E-state index contributed by atoms with van der Waals surface area (Å²) in [5.41, 5.74) is 0.941. The van der Waals surface area contributed by atoms with Crippen molar-refractivity contribution in [1.82, 2.24) is 35.2 Å². The molecule has 0 saturated carbocycles. The Hall–Kier alpha value is -3.80. The molecule has 0 radical (unpaired) electrons. The fourth-order valence-electron chi connectivity index (χ4n) is 5.87. The predicted octanol–water partition coefficient (Wildman–Crippen LogP) is 2.02. The molecular formula is C32H47N7O5. The van der Waals surface area contributed by atoms with Crippen molar-refractivity contribution in [3.8, 4) is 0 Å². The number of nitrogens with zero attached hydrogens (tertiary/aromatic N) is 5. The third-order valence-corrected chi connectivity index (χ3v) is 8.34. The van der Waals surface area contributed by atoms with Crippen LogP contribution in [0.15, 0.2) is 30.3 Å². The number of piperidine rings is 1. The van der Waals surface area contributed by atoms with Crippen molar-refractivity contribution in [1.29, 1.82) is 0 Å². The van der Waals surface area contributed by atoms with Crippen LogP contribution < -0.4 is 10.6 Å². The van der Waals surface area contributed by atoms with Gasteiger partial charge in [0.25, 0.3) is 0 Å². The molecule has 0 aliphatic carbocycles. The lowest BCUT2D eigenvalue weighted by Gasteiger charge is -2.34. The summed E-state index contributed by atoms with van der Waals surface area (Å²) < 4.78 is 7.07. The first kappa shape index (κ1) is 33.1. The van der Waals surface area contributed by atoms with Crippen LogP contribution in [0.2, 0.25) is 0 Å². The molecule has 2 atom stereocenters. The van der Waals surface area contributed by atoms with Crippen LogP contribution in [0.4, 0.5) is 0 Å². The molecule has 3 heterocycles. The molecule has 2 aliphatic heterocycles. The van der Waals surface area contributed by atoms with Crippen molar-refractivity contribution in [3.05, 3.63) is 47.5 Å². The number of aryl methyl sites for hydroxylation is 1. The van der Waals surface area contributed by atoms with Crippen molar-refractivity contribution >= 4 is 23.6 Å². The average molecular weight is 610 g/mol. The minimum absolute atomic E-state index is 0.00404. The molecular weight excluding hydrogens is 562 g/mol. The molecule has 12 heteroatoms. The Balaban J connectivity index is 1.53. The molecule has 2 aromatic rings. The Labute approximate surface area is 259 Å². The van der Waals surface area contributed by atoms with E-state index in [1.165, 1.54) is 0 Å². The van der Waals surface area contributed by atoms with Crippen LogP contribution >= 0.6 is 0 Å². The molecule has 0 spiro atoms. The molecule has 2 aliphatic rings. The van der Waals surface area contributed by atoms with E-state index in [1.54, 1.807) is 9.58 Å². The van der Waals surface area contributed by atoms with Crippen LogP contribution in [0.1, 0.15) is 69.7 Å². The summed E-state index contributed by atoms with van der Waals surface area (Å²) >= 11 is 0. The molecule has 2 N–H and O–H groups in total. The highest BCUT2D eigenvalue weighted by Crippen LogP contribution is 2.23. The lowest BCUT2D eigenvalue weighted by molar-refractivity contribution is -0.143. The zero-order valence-electron chi connectivity index (χ0n) is 26.5. The summed E-state index contributed by atoms with van der Waals surface area (Å²) in [6.45, 7) is 10.5. The van der Waals surface area contributed by atoms with E-state index in [2.05, 4.69) is 20.7 Å². The van der Waals surface area contributed by atoms with Gasteiger partial charge in [-0.2, -0.15) is 5.10 Å². The van der Waals surface area contributed by atoms with Gasteiger partial charge in [-0.1, -0.05) is 44.2 Å². The summed E-state index contributed by atoms with van der Waals surface area (Å²) in [6.07, 6.45) is 2.17. The number of carbonyl (C=O) groups excluding carboxylic acids is 4. The smallest absolute Gasteiger partial charge is 0.248 e. The number of hydrogen-bond donors (Lipinski definition) is 2. The van der Waals surface area contributed by atoms with Gasteiger partial charge in [0, 0.05) is 51.5 Å². The van der Waals surface area contributed by atoms with Gasteiger partial charge >= 0.3 is 0 Å². The van der Waals surface area contributed by atoms with Crippen LogP contribution in [0, 0.1) is 18.8 Å². The first-order valence-electron chi connectivity index (χ1n) is 15.9. The Bertz CT molecular complexity index is 1270. The highest BCUT2D eigenvalue weighted by atomic mass is 16.5. The molecule has 1 aromatic carbocycles. The van der Waals surface area contributed by atoms with Crippen molar-refractivity contribution in [3.63, 3.8) is 0 Å². The number of aromatic nitrogens is 3. The van der Waals surface area contributed by atoms with E-state index in [4.69, 9.17) is 4.74 Å². The van der Waals surface area contributed by atoms with Gasteiger partial charge in [0.1, 0.15) is 24.3 Å². The number of hydrogen-bond acceptors (Lipinski definition) is 7. The second kappa shape index (κ2) is 15.8. The van der Waals surface area contributed by atoms with E-state index in [1.807, 2.05) is 62.9 Å². The van der Waals surface area contributed by atoms with Gasteiger partial charge in [-0.05, 0) is 44.6 Å². The molecule has 240 valence electrons. The molecule has 4 amide bonds. The minimum Gasteiger partial charge on any atom is -0.372 e. The molecule has 12 nitrogen and oxygen atoms in total. The molecule has 1 fully saturated rings. The minimum atomic E-state index is -0.764. The predicted molar refractivity (Wildman–Crippen MR) is 164 cm³/mol. The van der Waals surface area contributed by atoms with Gasteiger partial charge in [0.05, 0.1) is 12.6 Å². The van der Waals surface area contributed by atoms with E-state index in [0.29, 0.717) is 76.7 Å². The number of fused-ring (bicyclic) bond motifs is 1. The summed E-state index contributed by atoms with van der Waals surface area (Å²) in [6, 6.07) is 8.41. The van der Waals surface area contributed by atoms with Crippen molar-refractivity contribution in [2.75, 3.05) is 39.4 Å². The third-order valence-electron chi connectivity index (χ3n) is 8.34. The number of ether oxygens (including phenoxy) is 1. The van der Waals surface area contributed by atoms with E-state index >= 15 is 0 Å². The number of rotatable bonds is 7. The van der Waals surface area contributed by atoms with Crippen LogP contribution in [-0.2, 0) is 36.9 Å². The zero-order chi connectivity index (χ0) is 31.6. The first-order chi connectivity index (χ1) is 21.2. The van der Waals surface area contributed by atoms with Gasteiger partial charge in [0.2, 0.25) is 23.6 Å². The maximum atomic E-state index is 13.8. The van der Waals surface area contributed by atoms with E-state index in [-0.39, 0.29) is 48.5 Å². The lowest BCUT2D eigenvalue weighted by atomic mass is 9.95. The fraction of sp³-hybridized carbons (Fsp3) is 0.625. The van der Waals surface area contributed by atoms with Gasteiger partial charge in [0.15, 0.2) is 0 Å². The number of likely N-dealkylation sites (tertiary alicyclic amines) is 1. The second-order valence-electron chi connectivity index (χ2n) is 12.0. The number of amides is 4. The molecule has 44 heavy (non-hydrogen) atoms. The fourth-order valence-corrected chi connectivity index (χ4v) is 5.87. The van der Waals surface area contributed by atoms with Gasteiger partial charge in [-0.15, -0.1) is 0 Å². The van der Waals surface area contributed by atoms with Gasteiger partial charge in [-0.3, -0.25) is 19.2 Å². The monoisotopic (exact) mass is 609 g/mol. The summed E-state index contributed by atoms with van der Waals surface area (Å²) in [7, 11) is 0. The van der Waals surface area contributed by atoms with E-state index < -0.39 is 12.1 Å². The molecule has 1 aromatic heterocycles. The summed E-state index contributed by atoms with van der Waals surface area (Å²) in [5.74, 6) is 0.489. The Morgan fingerprint density at radius 1 is 1.00 bits per heavy atom. The highest BCUT2D eigenvalue weighted by Gasteiger charge is 2.32. The first-order valence-corrected chi connectivity index (χ1v) is 15.9. The van der Waals surface area contributed by atoms with Gasteiger partial charge < -0.3 is 25.2 Å². The van der Waals surface area contributed by atoms with Crippen molar-refractivity contribution in [2.45, 2.75) is 78.4 Å². The molecule has 4 rings (SSSR count). The molecule has 0 bridgehead atoms. The average Bonchev–Trinajstić information content (AvgIpc) is 3.39. The number of nitrogens with one attached hydrogen (secondary N) is 2. The number of benzene rings is 1. The van der Waals surface area contributed by atoms with Crippen molar-refractivity contribution < 1.29 is 23.9 Å². The zero-order valence-corrected chi connectivity index (χ0v) is 26.5. The molecule has 1 saturated heterocycles. The quantitative estimate of drug-likeness (QED) is 0.490. The topological polar surface area (TPSA) is 139 Å². The standard InChI is InChI=1S/C32H47N7O5/c1-5-44-21-28(41)37-16-13-25(14-17-37)32(43)38-15-9-12-27(40)34-26(20-24-10-7-6-8-11-24)31(42)35-29(22(2)3)30-33-23(4)36-39(30)19-18-38/h6-8,10-11,22,25-26,29H,5,9,12-21H2,1-4H3,(H,34,40)(H,35,42)/t26-,29+/m0/s1. The summed E-state index contributed by atoms with van der Waals surface area (Å²) in [4.78, 5) is 61.2. The maximum absolute atomic E-state index is 13.8. The summed E-state index contributed by atoms with van der Waals surface area (Å²) in [5, 5.41) is 10.7. The van der Waals surface area contributed by atoms with Crippen LogP contribution in [0.25, 0.3) is 0 Å². The largest absolute Gasteiger partial charge is 0.372 e. The van der Waals surface area contributed by atoms with Crippen molar-refractivity contribution in [2.24, 2.45) is 11.8 Å². The van der Waals surface area contributed by atoms with E-state index in [9.17, 15) is 19.2 Å². The van der Waals surface area contributed by atoms with E-state index in [0.717, 1.165) is 5.56 Å². The van der Waals surface area contributed by atoms with Crippen LogP contribution in [-0.4, -0.2) is 93.6 Å². The SMILES string of the molecule is CCOCC(=O)N1CCC(C(=O)N2CCCC(=O)N[C@@H](Cc3ccccc3)C(=O)N[C@H](C(C)C)c3nc(C)nn3CC2)CC1. The number of carbonyl (C=O) groups is 4. The van der Waals surface area contributed by atoms with Crippen LogP contribution in [0.3, 0.4) is 0 Å². The Morgan fingerprint density at radius 2 is 1.73 bits per heavy atom. The maximum Gasteiger partial charge on any atom is 0.248 e. The third kappa shape index (κ3) is 8.87. The highest BCUT2D eigenvalue weighted by molar-refractivity contribution is 5.88. The second-order valence-corrected chi connectivity index (χ2v) is 12.0. The lowest BCUT2D eigenvalue weighted by Crippen LogP contribution is -2.50. The molecule has 0 unspecified atom stereocenters. The Kier molecular flexibility index (Phi) is 11.9. The normalized spacial score (nSPS) is 20.9.